The molecule has 2 aromatic rings. The third kappa shape index (κ3) is 2.49. The van der Waals surface area contributed by atoms with Gasteiger partial charge >= 0.3 is 0 Å². The van der Waals surface area contributed by atoms with Gasteiger partial charge in [0.25, 0.3) is 0 Å². The minimum absolute atomic E-state index is 0.0893. The average molecular weight is 309 g/mol. The molecule has 5 heteroatoms. The second kappa shape index (κ2) is 5.15. The van der Waals surface area contributed by atoms with Crippen molar-refractivity contribution in [1.82, 2.24) is 0 Å². The van der Waals surface area contributed by atoms with Crippen molar-refractivity contribution in [1.29, 1.82) is 5.26 Å². The van der Waals surface area contributed by atoms with Gasteiger partial charge in [-0.1, -0.05) is 6.07 Å². The van der Waals surface area contributed by atoms with E-state index < -0.39 is 11.6 Å². The van der Waals surface area contributed by atoms with Crippen molar-refractivity contribution in [2.24, 2.45) is 0 Å². The summed E-state index contributed by atoms with van der Waals surface area (Å²) in [5, 5.41) is 11.5. The molecule has 0 aliphatic heterocycles. The van der Waals surface area contributed by atoms with E-state index in [0.29, 0.717) is 5.69 Å². The van der Waals surface area contributed by atoms with E-state index in [2.05, 4.69) is 21.2 Å². The third-order valence-electron chi connectivity index (χ3n) is 2.31. The third-order valence-corrected chi connectivity index (χ3v) is 3.08. The number of hydrogen-bond donors (Lipinski definition) is 1. The van der Waals surface area contributed by atoms with Gasteiger partial charge in [-0.25, -0.2) is 8.78 Å². The Morgan fingerprint density at radius 2 is 1.94 bits per heavy atom. The molecule has 18 heavy (non-hydrogen) atoms. The summed E-state index contributed by atoms with van der Waals surface area (Å²) in [6.07, 6.45) is 0. The van der Waals surface area contributed by atoms with Crippen LogP contribution in [0.5, 0.6) is 0 Å². The van der Waals surface area contributed by atoms with Crippen LogP contribution in [0.3, 0.4) is 0 Å². The van der Waals surface area contributed by atoms with Crippen LogP contribution >= 0.6 is 15.9 Å². The first-order valence-corrected chi connectivity index (χ1v) is 5.82. The van der Waals surface area contributed by atoms with Gasteiger partial charge in [0.2, 0.25) is 0 Å². The van der Waals surface area contributed by atoms with Gasteiger partial charge in [0.15, 0.2) is 5.82 Å². The van der Waals surface area contributed by atoms with Crippen LogP contribution in [0.4, 0.5) is 20.2 Å². The molecule has 0 radical (unpaired) electrons. The minimum Gasteiger partial charge on any atom is -0.353 e. The topological polar surface area (TPSA) is 35.8 Å². The Morgan fingerprint density at radius 3 is 2.61 bits per heavy atom. The molecule has 0 aliphatic rings. The minimum atomic E-state index is -0.585. The maximum absolute atomic E-state index is 13.9. The molecule has 1 N–H and O–H groups in total. The molecular formula is C13H7BrF2N2. The largest absolute Gasteiger partial charge is 0.353 e. The van der Waals surface area contributed by atoms with Crippen molar-refractivity contribution in [3.63, 3.8) is 0 Å². The molecule has 0 heterocycles. The first-order chi connectivity index (χ1) is 8.61. The quantitative estimate of drug-likeness (QED) is 0.895. The molecule has 0 fully saturated rings. The number of benzene rings is 2. The fourth-order valence-corrected chi connectivity index (χ4v) is 1.89. The maximum Gasteiger partial charge on any atom is 0.162 e. The molecule has 0 bridgehead atoms. The van der Waals surface area contributed by atoms with E-state index in [4.69, 9.17) is 5.26 Å². The first kappa shape index (κ1) is 12.5. The summed E-state index contributed by atoms with van der Waals surface area (Å²) in [4.78, 5) is 0. The smallest absolute Gasteiger partial charge is 0.162 e. The zero-order valence-corrected chi connectivity index (χ0v) is 10.6. The van der Waals surface area contributed by atoms with Crippen LogP contribution in [0.15, 0.2) is 40.9 Å². The number of nitrogens with zero attached hydrogens (tertiary/aromatic N) is 1. The molecule has 0 saturated heterocycles. The first-order valence-electron chi connectivity index (χ1n) is 5.02. The lowest BCUT2D eigenvalue weighted by Crippen LogP contribution is -1.96. The predicted octanol–water partition coefficient (Wildman–Crippen LogP) is 4.34. The highest BCUT2D eigenvalue weighted by atomic mass is 79.9. The Labute approximate surface area is 111 Å². The maximum atomic E-state index is 13.9. The van der Waals surface area contributed by atoms with Crippen LogP contribution in [0, 0.1) is 23.0 Å². The van der Waals surface area contributed by atoms with Crippen LogP contribution in [-0.2, 0) is 0 Å². The van der Waals surface area contributed by atoms with Crippen molar-refractivity contribution in [3.05, 3.63) is 58.1 Å². The van der Waals surface area contributed by atoms with Gasteiger partial charge in [0.1, 0.15) is 11.9 Å². The molecule has 0 saturated carbocycles. The number of nitriles is 1. The Bertz CT molecular complexity index is 635. The summed E-state index contributed by atoms with van der Waals surface area (Å²) in [5.74, 6) is -0.994. The van der Waals surface area contributed by atoms with Gasteiger partial charge in [0, 0.05) is 5.69 Å². The van der Waals surface area contributed by atoms with Gasteiger partial charge in [-0.3, -0.25) is 0 Å². The van der Waals surface area contributed by atoms with Crippen molar-refractivity contribution in [2.45, 2.75) is 0 Å². The highest BCUT2D eigenvalue weighted by Gasteiger charge is 2.11. The Balaban J connectivity index is 2.36. The fraction of sp³-hybridized carbons (Fsp3) is 0. The number of halogens is 3. The highest BCUT2D eigenvalue weighted by Crippen LogP contribution is 2.28. The van der Waals surface area contributed by atoms with Crippen LogP contribution in [-0.4, -0.2) is 0 Å². The SMILES string of the molecule is N#Cc1ccc(Nc2cccc(F)c2)c(F)c1Br. The van der Waals surface area contributed by atoms with E-state index in [-0.39, 0.29) is 15.7 Å². The molecule has 2 rings (SSSR count). The molecule has 0 atom stereocenters. The molecule has 2 nitrogen and oxygen atoms in total. The zero-order valence-electron chi connectivity index (χ0n) is 9.05. The van der Waals surface area contributed by atoms with Gasteiger partial charge in [-0.2, -0.15) is 5.26 Å². The van der Waals surface area contributed by atoms with E-state index >= 15 is 0 Å². The number of nitrogens with one attached hydrogen (secondary N) is 1. The highest BCUT2D eigenvalue weighted by molar-refractivity contribution is 9.10. The lowest BCUT2D eigenvalue weighted by atomic mass is 10.2. The predicted molar refractivity (Wildman–Crippen MR) is 68.5 cm³/mol. The fourth-order valence-electron chi connectivity index (χ4n) is 1.45. The van der Waals surface area contributed by atoms with Crippen LogP contribution < -0.4 is 5.32 Å². The lowest BCUT2D eigenvalue weighted by molar-refractivity contribution is 0.623. The number of hydrogen-bond acceptors (Lipinski definition) is 2. The summed E-state index contributed by atoms with van der Waals surface area (Å²) >= 11 is 3.01. The number of rotatable bonds is 2. The van der Waals surface area contributed by atoms with Gasteiger partial charge in [-0.05, 0) is 46.3 Å². The van der Waals surface area contributed by atoms with Gasteiger partial charge in [-0.15, -0.1) is 0 Å². The van der Waals surface area contributed by atoms with Gasteiger partial charge < -0.3 is 5.32 Å². The van der Waals surface area contributed by atoms with E-state index in [1.54, 1.807) is 6.07 Å². The summed E-state index contributed by atoms with van der Waals surface area (Å²) < 4.78 is 27.0. The number of anilines is 2. The summed E-state index contributed by atoms with van der Waals surface area (Å²) in [5.41, 5.74) is 0.814. The van der Waals surface area contributed by atoms with Crippen molar-refractivity contribution < 1.29 is 8.78 Å². The van der Waals surface area contributed by atoms with Crippen LogP contribution in [0.25, 0.3) is 0 Å². The Hall–Kier alpha value is -1.93. The molecular weight excluding hydrogens is 302 g/mol. The summed E-state index contributed by atoms with van der Waals surface area (Å²) in [7, 11) is 0. The van der Waals surface area contributed by atoms with Crippen LogP contribution in [0.2, 0.25) is 0 Å². The molecule has 0 aliphatic carbocycles. The van der Waals surface area contributed by atoms with Crippen molar-refractivity contribution in [3.8, 4) is 6.07 Å². The Kier molecular flexibility index (Phi) is 3.58. The second-order valence-corrected chi connectivity index (χ2v) is 4.33. The van der Waals surface area contributed by atoms with E-state index in [1.807, 2.05) is 6.07 Å². The standard InChI is InChI=1S/C13H7BrF2N2/c14-12-8(7-17)4-5-11(13(12)16)18-10-3-1-2-9(15)6-10/h1-6,18H. The second-order valence-electron chi connectivity index (χ2n) is 3.54. The molecule has 0 unspecified atom stereocenters. The molecule has 0 amide bonds. The molecule has 90 valence electrons. The molecule has 2 aromatic carbocycles. The van der Waals surface area contributed by atoms with Crippen LogP contribution in [0.1, 0.15) is 5.56 Å². The summed E-state index contributed by atoms with van der Waals surface area (Å²) in [6, 6.07) is 10.5. The monoisotopic (exact) mass is 308 g/mol. The Morgan fingerprint density at radius 1 is 1.17 bits per heavy atom. The van der Waals surface area contributed by atoms with Gasteiger partial charge in [0.05, 0.1) is 15.7 Å². The normalized spacial score (nSPS) is 9.89. The average Bonchev–Trinajstić information content (AvgIpc) is 2.35. The van der Waals surface area contributed by atoms with E-state index in [1.165, 1.54) is 30.3 Å². The van der Waals surface area contributed by atoms with E-state index in [9.17, 15) is 8.78 Å². The summed E-state index contributed by atoms with van der Waals surface area (Å²) in [6.45, 7) is 0. The van der Waals surface area contributed by atoms with Crippen molar-refractivity contribution in [2.75, 3.05) is 5.32 Å². The van der Waals surface area contributed by atoms with Crippen molar-refractivity contribution >= 4 is 27.3 Å². The van der Waals surface area contributed by atoms with E-state index in [0.717, 1.165) is 0 Å². The molecule has 0 spiro atoms. The zero-order chi connectivity index (χ0) is 13.1. The lowest BCUT2D eigenvalue weighted by Gasteiger charge is -2.09. The molecule has 0 aromatic heterocycles.